The van der Waals surface area contributed by atoms with E-state index in [1.807, 2.05) is 0 Å². The van der Waals surface area contributed by atoms with Gasteiger partial charge < -0.3 is 39.7 Å². The average molecular weight is 447 g/mol. The number of rotatable bonds is 4. The zero-order chi connectivity index (χ0) is 22.6. The number of aliphatic hydroxyl groups is 4. The first-order valence-corrected chi connectivity index (χ1v) is 10.9. The van der Waals surface area contributed by atoms with Crippen molar-refractivity contribution in [3.8, 4) is 11.5 Å². The summed E-state index contributed by atoms with van der Waals surface area (Å²) in [5.41, 5.74) is 2.82. The molecule has 5 rings (SSSR count). The van der Waals surface area contributed by atoms with Crippen LogP contribution < -0.4 is 4.74 Å². The normalized spacial score (nSPS) is 38.6. The SMILES string of the molecule is CO[C@H]1C=CC2=CCN3CCc4cc(O[C@@H]5O[C@H](CO)[C@@H](O)[C@H](O)[C@H]5O)c(O)cc4[C@]23C1. The van der Waals surface area contributed by atoms with Gasteiger partial charge in [0.2, 0.25) is 6.29 Å². The molecule has 1 fully saturated rings. The molecule has 1 saturated heterocycles. The third-order valence-corrected chi connectivity index (χ3v) is 7.21. The van der Waals surface area contributed by atoms with E-state index in [1.54, 1.807) is 19.2 Å². The molecule has 0 bridgehead atoms. The average Bonchev–Trinajstić information content (AvgIpc) is 3.19. The van der Waals surface area contributed by atoms with Gasteiger partial charge >= 0.3 is 0 Å². The Morgan fingerprint density at radius 2 is 2.00 bits per heavy atom. The van der Waals surface area contributed by atoms with E-state index >= 15 is 0 Å². The molecule has 3 aliphatic heterocycles. The van der Waals surface area contributed by atoms with Crippen LogP contribution in [0.4, 0.5) is 0 Å². The highest BCUT2D eigenvalue weighted by Crippen LogP contribution is 2.52. The number of phenolic OH excluding ortho intramolecular Hbond substituents is 1. The molecule has 0 saturated carbocycles. The summed E-state index contributed by atoms with van der Waals surface area (Å²) in [4.78, 5) is 2.40. The number of methoxy groups -OCH3 is 1. The van der Waals surface area contributed by atoms with E-state index in [9.17, 15) is 25.5 Å². The molecule has 1 aliphatic carbocycles. The summed E-state index contributed by atoms with van der Waals surface area (Å²) < 4.78 is 16.8. The maximum Gasteiger partial charge on any atom is 0.229 e. The van der Waals surface area contributed by atoms with E-state index in [1.165, 1.54) is 5.57 Å². The molecule has 9 nitrogen and oxygen atoms in total. The minimum absolute atomic E-state index is 0.0362. The lowest BCUT2D eigenvalue weighted by Gasteiger charge is -2.48. The van der Waals surface area contributed by atoms with E-state index in [2.05, 4.69) is 23.1 Å². The molecule has 9 heteroatoms. The zero-order valence-electron chi connectivity index (χ0n) is 17.8. The van der Waals surface area contributed by atoms with Crippen molar-refractivity contribution >= 4 is 0 Å². The Kier molecular flexibility index (Phi) is 5.53. The van der Waals surface area contributed by atoms with Crippen LogP contribution in [0.25, 0.3) is 0 Å². The fourth-order valence-electron chi connectivity index (χ4n) is 5.46. The predicted molar refractivity (Wildman–Crippen MR) is 112 cm³/mol. The molecule has 0 aromatic heterocycles. The number of hydrogen-bond donors (Lipinski definition) is 5. The molecule has 4 aliphatic rings. The topological polar surface area (TPSA) is 132 Å². The first-order chi connectivity index (χ1) is 15.4. The van der Waals surface area contributed by atoms with Crippen LogP contribution in [-0.4, -0.2) is 94.0 Å². The number of benzene rings is 1. The Morgan fingerprint density at radius 1 is 1.19 bits per heavy atom. The summed E-state index contributed by atoms with van der Waals surface area (Å²) in [5.74, 6) is -0.0113. The number of nitrogens with zero attached hydrogens (tertiary/aromatic N) is 1. The first kappa shape index (κ1) is 21.8. The largest absolute Gasteiger partial charge is 0.504 e. The van der Waals surface area contributed by atoms with Crippen molar-refractivity contribution < 1.29 is 39.7 Å². The number of aliphatic hydroxyl groups excluding tert-OH is 4. The van der Waals surface area contributed by atoms with Crippen LogP contribution in [0.1, 0.15) is 17.5 Å². The van der Waals surface area contributed by atoms with Crippen LogP contribution in [-0.2, 0) is 21.4 Å². The Bertz CT molecular complexity index is 946. The summed E-state index contributed by atoms with van der Waals surface area (Å²) in [6.07, 6.45) is 0.818. The number of phenols is 1. The van der Waals surface area contributed by atoms with Crippen molar-refractivity contribution in [3.63, 3.8) is 0 Å². The molecular formula is C23H29NO8. The van der Waals surface area contributed by atoms with Crippen molar-refractivity contribution in [3.05, 3.63) is 47.1 Å². The zero-order valence-corrected chi connectivity index (χ0v) is 17.8. The Labute approximate surface area is 185 Å². The van der Waals surface area contributed by atoms with Crippen LogP contribution >= 0.6 is 0 Å². The standard InChI is InChI=1S/C23H29NO8/c1-30-14-3-2-13-5-7-24-6-4-12-8-17(16(26)9-15(12)23(13,24)10-14)31-22-21(29)20(28)19(27)18(11-25)32-22/h2-3,5,8-9,14,18-22,25-29H,4,6-7,10-11H2,1H3/t14-,18+,19+,20-,21+,22+,23-/m0/s1. The highest BCUT2D eigenvalue weighted by Gasteiger charge is 2.50. The monoisotopic (exact) mass is 447 g/mol. The Balaban J connectivity index is 1.48. The van der Waals surface area contributed by atoms with Gasteiger partial charge in [-0.3, -0.25) is 4.90 Å². The Morgan fingerprint density at radius 3 is 2.75 bits per heavy atom. The van der Waals surface area contributed by atoms with Gasteiger partial charge in [0, 0.05) is 26.6 Å². The van der Waals surface area contributed by atoms with Gasteiger partial charge in [-0.2, -0.15) is 0 Å². The predicted octanol–water partition coefficient (Wildman–Crippen LogP) is -0.461. The summed E-state index contributed by atoms with van der Waals surface area (Å²) >= 11 is 0. The third-order valence-electron chi connectivity index (χ3n) is 7.21. The van der Waals surface area contributed by atoms with Crippen molar-refractivity contribution in [2.75, 3.05) is 26.8 Å². The molecule has 0 amide bonds. The van der Waals surface area contributed by atoms with E-state index in [0.717, 1.165) is 37.1 Å². The van der Waals surface area contributed by atoms with Gasteiger partial charge in [0.05, 0.1) is 18.2 Å². The second kappa shape index (κ2) is 8.11. The second-order valence-electron chi connectivity index (χ2n) is 8.85. The van der Waals surface area contributed by atoms with Crippen molar-refractivity contribution in [1.29, 1.82) is 0 Å². The van der Waals surface area contributed by atoms with Gasteiger partial charge in [0.15, 0.2) is 11.5 Å². The first-order valence-electron chi connectivity index (χ1n) is 10.9. The highest BCUT2D eigenvalue weighted by molar-refractivity contribution is 5.57. The number of fused-ring (bicyclic) bond motifs is 1. The molecule has 7 atom stereocenters. The summed E-state index contributed by atoms with van der Waals surface area (Å²) in [7, 11) is 1.69. The second-order valence-corrected chi connectivity index (χ2v) is 8.85. The van der Waals surface area contributed by atoms with E-state index < -0.39 is 37.3 Å². The number of ether oxygens (including phenoxy) is 3. The van der Waals surface area contributed by atoms with Crippen molar-refractivity contribution in [1.82, 2.24) is 4.90 Å². The molecular weight excluding hydrogens is 418 g/mol. The van der Waals surface area contributed by atoms with Gasteiger partial charge in [0.25, 0.3) is 0 Å². The lowest BCUT2D eigenvalue weighted by atomic mass is 9.71. The van der Waals surface area contributed by atoms with Crippen LogP contribution in [0.3, 0.4) is 0 Å². The molecule has 0 unspecified atom stereocenters. The van der Waals surface area contributed by atoms with Gasteiger partial charge in [0.1, 0.15) is 24.4 Å². The number of hydrogen-bond acceptors (Lipinski definition) is 9. The maximum atomic E-state index is 10.8. The molecule has 32 heavy (non-hydrogen) atoms. The van der Waals surface area contributed by atoms with Crippen molar-refractivity contribution in [2.45, 2.75) is 55.2 Å². The minimum atomic E-state index is -1.55. The van der Waals surface area contributed by atoms with Crippen LogP contribution in [0.5, 0.6) is 11.5 Å². The fraction of sp³-hybridized carbons (Fsp3) is 0.565. The molecule has 174 valence electrons. The number of aromatic hydroxyl groups is 1. The third kappa shape index (κ3) is 3.19. The van der Waals surface area contributed by atoms with Crippen molar-refractivity contribution in [2.24, 2.45) is 0 Å². The van der Waals surface area contributed by atoms with E-state index in [0.29, 0.717) is 0 Å². The summed E-state index contributed by atoms with van der Waals surface area (Å²) in [6, 6.07) is 3.44. The summed E-state index contributed by atoms with van der Waals surface area (Å²) in [6.45, 7) is 1.11. The summed E-state index contributed by atoms with van der Waals surface area (Å²) in [5, 5.41) is 50.5. The van der Waals surface area contributed by atoms with Gasteiger partial charge in [-0.05, 0) is 35.3 Å². The maximum absolute atomic E-state index is 10.8. The van der Waals surface area contributed by atoms with Gasteiger partial charge in [-0.1, -0.05) is 18.2 Å². The minimum Gasteiger partial charge on any atom is -0.504 e. The van der Waals surface area contributed by atoms with Crippen LogP contribution in [0.2, 0.25) is 0 Å². The molecule has 5 N–H and O–H groups in total. The van der Waals surface area contributed by atoms with Gasteiger partial charge in [-0.25, -0.2) is 0 Å². The lowest BCUT2D eigenvalue weighted by Crippen LogP contribution is -2.60. The molecule has 0 radical (unpaired) electrons. The van der Waals surface area contributed by atoms with E-state index in [-0.39, 0.29) is 23.1 Å². The van der Waals surface area contributed by atoms with Crippen LogP contribution in [0, 0.1) is 0 Å². The quantitative estimate of drug-likeness (QED) is 0.416. The van der Waals surface area contributed by atoms with Gasteiger partial charge in [-0.15, -0.1) is 0 Å². The molecule has 3 heterocycles. The molecule has 1 aromatic rings. The highest BCUT2D eigenvalue weighted by atomic mass is 16.7. The molecule has 1 aromatic carbocycles. The molecule has 1 spiro atoms. The smallest absolute Gasteiger partial charge is 0.229 e. The van der Waals surface area contributed by atoms with E-state index in [4.69, 9.17) is 14.2 Å². The fourth-order valence-corrected chi connectivity index (χ4v) is 5.46. The lowest BCUT2D eigenvalue weighted by molar-refractivity contribution is -0.277. The van der Waals surface area contributed by atoms with Crippen LogP contribution in [0.15, 0.2) is 35.9 Å². The Hall–Kier alpha value is -1.98.